The molecule has 4 heteroatoms. The number of hydrogen-bond acceptors (Lipinski definition) is 3. The fourth-order valence-electron chi connectivity index (χ4n) is 3.26. The third kappa shape index (κ3) is 7.87. The van der Waals surface area contributed by atoms with Gasteiger partial charge in [-0.3, -0.25) is 0 Å². The summed E-state index contributed by atoms with van der Waals surface area (Å²) < 4.78 is 11.8. The number of amides is 1. The molecule has 1 fully saturated rings. The van der Waals surface area contributed by atoms with Crippen molar-refractivity contribution >= 4 is 6.09 Å². The molecule has 0 aromatic carbocycles. The third-order valence-electron chi connectivity index (χ3n) is 4.74. The lowest BCUT2D eigenvalue weighted by atomic mass is 9.90. The van der Waals surface area contributed by atoms with Crippen LogP contribution in [0.4, 0.5) is 4.79 Å². The van der Waals surface area contributed by atoms with Crippen LogP contribution < -0.4 is 0 Å². The maximum absolute atomic E-state index is 12.3. The standard InChI is InChI=1S/C20H39NO3/c1-6-8-9-10-11-12-16-23-20(7-2)14-13-15-21(17-20)18(22)24-19(3,4)5/h6-17H2,1-5H3. The lowest BCUT2D eigenvalue weighted by Gasteiger charge is -2.42. The summed E-state index contributed by atoms with van der Waals surface area (Å²) in [5.41, 5.74) is -0.624. The molecule has 0 aromatic heterocycles. The Morgan fingerprint density at radius 1 is 1.08 bits per heavy atom. The summed E-state index contributed by atoms with van der Waals surface area (Å²) in [5, 5.41) is 0. The van der Waals surface area contributed by atoms with Crippen molar-refractivity contribution in [3.05, 3.63) is 0 Å². The van der Waals surface area contributed by atoms with E-state index in [1.165, 1.54) is 32.1 Å². The topological polar surface area (TPSA) is 38.8 Å². The molecule has 142 valence electrons. The highest BCUT2D eigenvalue weighted by Crippen LogP contribution is 2.29. The van der Waals surface area contributed by atoms with Gasteiger partial charge >= 0.3 is 6.09 Å². The summed E-state index contributed by atoms with van der Waals surface area (Å²) in [7, 11) is 0. The largest absolute Gasteiger partial charge is 0.444 e. The number of ether oxygens (including phenoxy) is 2. The molecule has 1 saturated heterocycles. The fraction of sp³-hybridized carbons (Fsp3) is 0.950. The quantitative estimate of drug-likeness (QED) is 0.517. The first kappa shape index (κ1) is 21.3. The van der Waals surface area contributed by atoms with Crippen molar-refractivity contribution < 1.29 is 14.3 Å². The Bertz CT molecular complexity index is 364. The number of nitrogens with zero attached hydrogens (tertiary/aromatic N) is 1. The normalized spacial score (nSPS) is 21.8. The number of unbranched alkanes of at least 4 members (excludes halogenated alkanes) is 5. The van der Waals surface area contributed by atoms with Crippen molar-refractivity contribution in [1.29, 1.82) is 0 Å². The number of piperidine rings is 1. The molecular weight excluding hydrogens is 302 g/mol. The predicted octanol–water partition coefficient (Wildman–Crippen LogP) is 5.54. The molecule has 1 aliphatic rings. The molecule has 1 atom stereocenters. The molecule has 1 unspecified atom stereocenters. The van der Waals surface area contributed by atoms with Crippen molar-refractivity contribution in [3.63, 3.8) is 0 Å². The van der Waals surface area contributed by atoms with Gasteiger partial charge in [0.2, 0.25) is 0 Å². The zero-order valence-corrected chi connectivity index (χ0v) is 16.7. The average molecular weight is 342 g/mol. The maximum atomic E-state index is 12.3. The number of rotatable bonds is 9. The SMILES string of the molecule is CCCCCCCCOC1(CC)CCCN(C(=O)OC(C)(C)C)C1. The Balaban J connectivity index is 2.40. The monoisotopic (exact) mass is 341 g/mol. The van der Waals surface area contributed by atoms with Gasteiger partial charge < -0.3 is 14.4 Å². The number of carbonyl (C=O) groups excluding carboxylic acids is 1. The highest BCUT2D eigenvalue weighted by Gasteiger charge is 2.37. The minimum absolute atomic E-state index is 0.182. The zero-order valence-electron chi connectivity index (χ0n) is 16.7. The molecule has 0 aromatic rings. The molecule has 0 bridgehead atoms. The smallest absolute Gasteiger partial charge is 0.410 e. The van der Waals surface area contributed by atoms with E-state index in [9.17, 15) is 4.79 Å². The lowest BCUT2D eigenvalue weighted by molar-refractivity contribution is -0.0941. The molecule has 0 saturated carbocycles. The first-order chi connectivity index (χ1) is 11.3. The predicted molar refractivity (Wildman–Crippen MR) is 99.4 cm³/mol. The van der Waals surface area contributed by atoms with Gasteiger partial charge in [-0.05, 0) is 46.5 Å². The van der Waals surface area contributed by atoms with Gasteiger partial charge in [0.15, 0.2) is 0 Å². The van der Waals surface area contributed by atoms with Crippen LogP contribution >= 0.6 is 0 Å². The second-order valence-electron chi connectivity index (χ2n) is 8.16. The molecule has 0 spiro atoms. The second kappa shape index (κ2) is 10.3. The van der Waals surface area contributed by atoms with E-state index in [0.717, 1.165) is 38.8 Å². The van der Waals surface area contributed by atoms with Crippen molar-refractivity contribution in [2.45, 2.75) is 104 Å². The van der Waals surface area contributed by atoms with Crippen molar-refractivity contribution in [2.75, 3.05) is 19.7 Å². The minimum atomic E-state index is -0.442. The van der Waals surface area contributed by atoms with E-state index in [1.54, 1.807) is 0 Å². The van der Waals surface area contributed by atoms with Crippen LogP contribution in [0.1, 0.15) is 92.4 Å². The highest BCUT2D eigenvalue weighted by molar-refractivity contribution is 5.68. The molecule has 1 aliphatic heterocycles. The molecule has 0 N–H and O–H groups in total. The van der Waals surface area contributed by atoms with Crippen molar-refractivity contribution in [3.8, 4) is 0 Å². The Labute approximate surface area is 149 Å². The summed E-state index contributed by atoms with van der Waals surface area (Å²) in [6, 6.07) is 0. The summed E-state index contributed by atoms with van der Waals surface area (Å²) in [6.07, 6.45) is 10.4. The average Bonchev–Trinajstić information content (AvgIpc) is 2.52. The van der Waals surface area contributed by atoms with E-state index in [4.69, 9.17) is 9.47 Å². The lowest BCUT2D eigenvalue weighted by Crippen LogP contribution is -2.52. The van der Waals surface area contributed by atoms with Crippen LogP contribution in [0.15, 0.2) is 0 Å². The Morgan fingerprint density at radius 2 is 1.75 bits per heavy atom. The molecule has 1 amide bonds. The highest BCUT2D eigenvalue weighted by atomic mass is 16.6. The Hall–Kier alpha value is -0.770. The van der Waals surface area contributed by atoms with E-state index in [0.29, 0.717) is 6.54 Å². The van der Waals surface area contributed by atoms with Crippen LogP contribution in [-0.4, -0.2) is 41.9 Å². The van der Waals surface area contributed by atoms with Gasteiger partial charge in [-0.25, -0.2) is 4.79 Å². The third-order valence-corrected chi connectivity index (χ3v) is 4.74. The number of hydrogen-bond donors (Lipinski definition) is 0. The molecule has 1 rings (SSSR count). The first-order valence-corrected chi connectivity index (χ1v) is 9.94. The van der Waals surface area contributed by atoms with E-state index < -0.39 is 5.60 Å². The summed E-state index contributed by atoms with van der Waals surface area (Å²) in [5.74, 6) is 0. The zero-order chi connectivity index (χ0) is 18.1. The Morgan fingerprint density at radius 3 is 2.38 bits per heavy atom. The van der Waals surface area contributed by atoms with Gasteiger partial charge in [0, 0.05) is 13.2 Å². The molecule has 0 radical (unpaired) electrons. The van der Waals surface area contributed by atoms with Crippen molar-refractivity contribution in [1.82, 2.24) is 4.90 Å². The van der Waals surface area contributed by atoms with E-state index in [-0.39, 0.29) is 11.7 Å². The van der Waals surface area contributed by atoms with Crippen LogP contribution in [-0.2, 0) is 9.47 Å². The van der Waals surface area contributed by atoms with Gasteiger partial charge in [-0.2, -0.15) is 0 Å². The van der Waals surface area contributed by atoms with Gasteiger partial charge in [-0.15, -0.1) is 0 Å². The van der Waals surface area contributed by atoms with E-state index in [2.05, 4.69) is 13.8 Å². The molecule has 4 nitrogen and oxygen atoms in total. The van der Waals surface area contributed by atoms with Crippen LogP contribution in [0.2, 0.25) is 0 Å². The molecule has 0 aliphatic carbocycles. The van der Waals surface area contributed by atoms with Gasteiger partial charge in [-0.1, -0.05) is 46.0 Å². The Kier molecular flexibility index (Phi) is 9.11. The summed E-state index contributed by atoms with van der Waals surface area (Å²) in [4.78, 5) is 14.2. The number of carbonyl (C=O) groups is 1. The molecular formula is C20H39NO3. The van der Waals surface area contributed by atoms with Crippen LogP contribution in [0.25, 0.3) is 0 Å². The first-order valence-electron chi connectivity index (χ1n) is 9.94. The van der Waals surface area contributed by atoms with E-state index in [1.807, 2.05) is 25.7 Å². The van der Waals surface area contributed by atoms with E-state index >= 15 is 0 Å². The van der Waals surface area contributed by atoms with Gasteiger partial charge in [0.05, 0.1) is 12.1 Å². The van der Waals surface area contributed by atoms with Gasteiger partial charge in [0.1, 0.15) is 5.60 Å². The van der Waals surface area contributed by atoms with Crippen molar-refractivity contribution in [2.24, 2.45) is 0 Å². The fourth-order valence-corrected chi connectivity index (χ4v) is 3.26. The number of likely N-dealkylation sites (tertiary alicyclic amines) is 1. The minimum Gasteiger partial charge on any atom is -0.444 e. The van der Waals surface area contributed by atoms with Crippen LogP contribution in [0.5, 0.6) is 0 Å². The summed E-state index contributed by atoms with van der Waals surface area (Å²) >= 11 is 0. The summed E-state index contributed by atoms with van der Waals surface area (Å²) in [6.45, 7) is 12.4. The van der Waals surface area contributed by atoms with Gasteiger partial charge in [0.25, 0.3) is 0 Å². The second-order valence-corrected chi connectivity index (χ2v) is 8.16. The molecule has 24 heavy (non-hydrogen) atoms. The van der Waals surface area contributed by atoms with Crippen LogP contribution in [0.3, 0.4) is 0 Å². The molecule has 1 heterocycles. The van der Waals surface area contributed by atoms with Crippen LogP contribution in [0, 0.1) is 0 Å². The maximum Gasteiger partial charge on any atom is 0.410 e.